The summed E-state index contributed by atoms with van der Waals surface area (Å²) in [5.74, 6) is 1.29. The maximum Gasteiger partial charge on any atom is 0.0417 e. The van der Waals surface area contributed by atoms with Crippen LogP contribution in [0.25, 0.3) is 0 Å². The second-order valence-electron chi connectivity index (χ2n) is 7.79. The van der Waals surface area contributed by atoms with Gasteiger partial charge in [-0.15, -0.1) is 0 Å². The van der Waals surface area contributed by atoms with Crippen molar-refractivity contribution in [3.63, 3.8) is 0 Å². The van der Waals surface area contributed by atoms with Crippen molar-refractivity contribution < 1.29 is 0 Å². The maximum atomic E-state index is 6.77. The van der Waals surface area contributed by atoms with Crippen LogP contribution in [-0.4, -0.2) is 0 Å². The predicted molar refractivity (Wildman–Crippen MR) is 83.2 cm³/mol. The Hall–Kier alpha value is -0.820. The Morgan fingerprint density at radius 3 is 2.16 bits per heavy atom. The summed E-state index contributed by atoms with van der Waals surface area (Å²) >= 11 is 0. The van der Waals surface area contributed by atoms with E-state index in [1.54, 1.807) is 0 Å². The van der Waals surface area contributed by atoms with Crippen LogP contribution >= 0.6 is 0 Å². The molecule has 2 unspecified atom stereocenters. The summed E-state index contributed by atoms with van der Waals surface area (Å²) in [6.45, 7) is 11.5. The van der Waals surface area contributed by atoms with Gasteiger partial charge in [-0.05, 0) is 47.6 Å². The lowest BCUT2D eigenvalue weighted by atomic mass is 9.62. The fourth-order valence-electron chi connectivity index (χ4n) is 4.06. The molecule has 1 fully saturated rings. The van der Waals surface area contributed by atoms with Crippen molar-refractivity contribution in [2.24, 2.45) is 17.1 Å². The topological polar surface area (TPSA) is 26.0 Å². The summed E-state index contributed by atoms with van der Waals surface area (Å²) in [5, 5.41) is 0. The first kappa shape index (κ1) is 14.6. The van der Waals surface area contributed by atoms with Gasteiger partial charge < -0.3 is 5.73 Å². The van der Waals surface area contributed by atoms with E-state index in [2.05, 4.69) is 58.9 Å². The summed E-state index contributed by atoms with van der Waals surface area (Å²) < 4.78 is 0. The Bertz CT molecular complexity index is 430. The van der Waals surface area contributed by atoms with Crippen LogP contribution in [0.15, 0.2) is 24.3 Å². The van der Waals surface area contributed by atoms with Crippen molar-refractivity contribution in [1.82, 2.24) is 0 Å². The minimum Gasteiger partial charge on any atom is -0.321 e. The molecule has 1 aromatic carbocycles. The smallest absolute Gasteiger partial charge is 0.0417 e. The molecular weight excluding hydrogens is 230 g/mol. The van der Waals surface area contributed by atoms with E-state index in [1.165, 1.54) is 17.5 Å². The molecule has 2 rings (SSSR count). The molecule has 1 aliphatic carbocycles. The van der Waals surface area contributed by atoms with E-state index < -0.39 is 0 Å². The van der Waals surface area contributed by atoms with Gasteiger partial charge in [-0.2, -0.15) is 0 Å². The average Bonchev–Trinajstić information content (AvgIpc) is 2.25. The van der Waals surface area contributed by atoms with Crippen LogP contribution in [0.3, 0.4) is 0 Å². The molecule has 0 spiro atoms. The summed E-state index contributed by atoms with van der Waals surface area (Å²) in [5.41, 5.74) is 9.70. The molecule has 0 saturated heterocycles. The van der Waals surface area contributed by atoms with Crippen LogP contribution in [0.1, 0.15) is 70.9 Å². The zero-order chi connectivity index (χ0) is 14.3. The Balaban J connectivity index is 2.28. The number of rotatable bonds is 2. The van der Waals surface area contributed by atoms with Crippen molar-refractivity contribution in [1.29, 1.82) is 0 Å². The van der Waals surface area contributed by atoms with Crippen LogP contribution in [0.5, 0.6) is 0 Å². The number of hydrogen-bond acceptors (Lipinski definition) is 1. The molecule has 0 heterocycles. The lowest BCUT2D eigenvalue weighted by molar-refractivity contribution is 0.107. The quantitative estimate of drug-likeness (QED) is 0.810. The van der Waals surface area contributed by atoms with E-state index in [0.717, 1.165) is 12.8 Å². The van der Waals surface area contributed by atoms with Crippen LogP contribution in [-0.2, 0) is 5.54 Å². The minimum atomic E-state index is -0.142. The first-order valence-corrected chi connectivity index (χ1v) is 7.61. The lowest BCUT2D eigenvalue weighted by Crippen LogP contribution is -2.46. The molecule has 19 heavy (non-hydrogen) atoms. The van der Waals surface area contributed by atoms with E-state index in [4.69, 9.17) is 5.73 Å². The fourth-order valence-corrected chi connectivity index (χ4v) is 4.06. The monoisotopic (exact) mass is 259 g/mol. The molecule has 0 bridgehead atoms. The van der Waals surface area contributed by atoms with E-state index in [9.17, 15) is 0 Å². The Morgan fingerprint density at radius 2 is 1.68 bits per heavy atom. The molecule has 0 radical (unpaired) electrons. The highest BCUT2D eigenvalue weighted by Crippen LogP contribution is 2.47. The second kappa shape index (κ2) is 4.94. The number of nitrogens with two attached hydrogens (primary N) is 1. The van der Waals surface area contributed by atoms with Gasteiger partial charge in [-0.25, -0.2) is 0 Å². The van der Waals surface area contributed by atoms with Gasteiger partial charge in [-0.3, -0.25) is 0 Å². The Kier molecular flexibility index (Phi) is 3.79. The first-order valence-electron chi connectivity index (χ1n) is 7.61. The largest absolute Gasteiger partial charge is 0.321 e. The molecule has 2 atom stereocenters. The standard InChI is InChI=1S/C18H29N/c1-13(2)15-6-8-16(9-7-15)18(19)11-14(3)10-17(4,5)12-18/h6-9,13-14H,10-12,19H2,1-5H3. The van der Waals surface area contributed by atoms with Crippen LogP contribution < -0.4 is 5.73 Å². The molecular formula is C18H29N. The number of hydrogen-bond donors (Lipinski definition) is 1. The molecule has 2 N–H and O–H groups in total. The highest BCUT2D eigenvalue weighted by molar-refractivity contribution is 5.30. The highest BCUT2D eigenvalue weighted by atomic mass is 14.8. The van der Waals surface area contributed by atoms with Crippen molar-refractivity contribution in [2.75, 3.05) is 0 Å². The fraction of sp³-hybridized carbons (Fsp3) is 0.667. The van der Waals surface area contributed by atoms with Gasteiger partial charge in [-0.1, -0.05) is 58.9 Å². The average molecular weight is 259 g/mol. The van der Waals surface area contributed by atoms with Crippen molar-refractivity contribution in [3.05, 3.63) is 35.4 Å². The summed E-state index contributed by atoms with van der Waals surface area (Å²) in [4.78, 5) is 0. The third-order valence-corrected chi connectivity index (χ3v) is 4.56. The maximum absolute atomic E-state index is 6.77. The molecule has 0 aliphatic heterocycles. The molecule has 0 amide bonds. The minimum absolute atomic E-state index is 0.142. The lowest BCUT2D eigenvalue weighted by Gasteiger charge is -2.46. The SMILES string of the molecule is CC1CC(C)(C)CC(N)(c2ccc(C(C)C)cc2)C1. The Labute approximate surface area is 118 Å². The third-order valence-electron chi connectivity index (χ3n) is 4.56. The van der Waals surface area contributed by atoms with Gasteiger partial charge in [0.25, 0.3) is 0 Å². The van der Waals surface area contributed by atoms with E-state index in [1.807, 2.05) is 0 Å². The van der Waals surface area contributed by atoms with Gasteiger partial charge in [0, 0.05) is 5.54 Å². The van der Waals surface area contributed by atoms with E-state index in [0.29, 0.717) is 17.3 Å². The van der Waals surface area contributed by atoms with Crippen LogP contribution in [0.4, 0.5) is 0 Å². The zero-order valence-electron chi connectivity index (χ0n) is 13.2. The molecule has 1 saturated carbocycles. The van der Waals surface area contributed by atoms with Crippen LogP contribution in [0.2, 0.25) is 0 Å². The van der Waals surface area contributed by atoms with Crippen molar-refractivity contribution in [3.8, 4) is 0 Å². The van der Waals surface area contributed by atoms with Gasteiger partial charge >= 0.3 is 0 Å². The van der Waals surface area contributed by atoms with Crippen LogP contribution in [0, 0.1) is 11.3 Å². The highest BCUT2D eigenvalue weighted by Gasteiger charge is 2.41. The molecule has 1 aromatic rings. The van der Waals surface area contributed by atoms with Crippen molar-refractivity contribution in [2.45, 2.75) is 65.3 Å². The second-order valence-corrected chi connectivity index (χ2v) is 7.79. The summed E-state index contributed by atoms with van der Waals surface area (Å²) in [7, 11) is 0. The summed E-state index contributed by atoms with van der Waals surface area (Å²) in [6.07, 6.45) is 3.48. The summed E-state index contributed by atoms with van der Waals surface area (Å²) in [6, 6.07) is 9.01. The Morgan fingerprint density at radius 1 is 1.11 bits per heavy atom. The molecule has 1 heteroatoms. The van der Waals surface area contributed by atoms with Gasteiger partial charge in [0.1, 0.15) is 0 Å². The van der Waals surface area contributed by atoms with E-state index in [-0.39, 0.29) is 5.54 Å². The van der Waals surface area contributed by atoms with E-state index >= 15 is 0 Å². The molecule has 106 valence electrons. The first-order chi connectivity index (χ1) is 8.72. The van der Waals surface area contributed by atoms with Gasteiger partial charge in [0.2, 0.25) is 0 Å². The zero-order valence-corrected chi connectivity index (χ0v) is 13.2. The molecule has 0 aromatic heterocycles. The number of benzene rings is 1. The van der Waals surface area contributed by atoms with Crippen molar-refractivity contribution >= 4 is 0 Å². The van der Waals surface area contributed by atoms with Gasteiger partial charge in [0.15, 0.2) is 0 Å². The molecule has 1 aliphatic rings. The van der Waals surface area contributed by atoms with Gasteiger partial charge in [0.05, 0.1) is 0 Å². The molecule has 1 nitrogen and oxygen atoms in total. The third kappa shape index (κ3) is 3.20. The predicted octanol–water partition coefficient (Wildman–Crippen LogP) is 4.81. The normalized spacial score (nSPS) is 30.6.